The minimum absolute atomic E-state index is 0.0795. The molecule has 0 saturated heterocycles. The molecule has 2 heterocycles. The van der Waals surface area contributed by atoms with Gasteiger partial charge in [-0.15, -0.1) is 0 Å². The van der Waals surface area contributed by atoms with Gasteiger partial charge >= 0.3 is 12.1 Å². The first kappa shape index (κ1) is 21.8. The average molecular weight is 472 g/mol. The van der Waals surface area contributed by atoms with Gasteiger partial charge in [-0.25, -0.2) is 19.3 Å². The number of fused-ring (bicyclic) bond motifs is 1. The molecule has 1 aliphatic carbocycles. The summed E-state index contributed by atoms with van der Waals surface area (Å²) in [5, 5.41) is 8.91. The molecule has 2 aromatic heterocycles. The lowest BCUT2D eigenvalue weighted by Crippen LogP contribution is -2.38. The number of aliphatic carboxylic acids is 1. The zero-order chi connectivity index (χ0) is 24.0. The van der Waals surface area contributed by atoms with Gasteiger partial charge in [0.2, 0.25) is 5.88 Å². The van der Waals surface area contributed by atoms with Gasteiger partial charge in [0.05, 0.1) is 46.2 Å². The Morgan fingerprint density at radius 1 is 1.09 bits per heavy atom. The molecule has 0 radical (unpaired) electrons. The zero-order valence-electron chi connectivity index (χ0n) is 17.3. The van der Waals surface area contributed by atoms with Crippen LogP contribution in [0.5, 0.6) is 5.88 Å². The number of nitrogens with zero attached hydrogens (tertiary/aromatic N) is 3. The number of alkyl halides is 3. The van der Waals surface area contributed by atoms with E-state index in [2.05, 4.69) is 19.9 Å². The summed E-state index contributed by atoms with van der Waals surface area (Å²) in [6, 6.07) is 7.39. The Labute approximate surface area is 189 Å². The number of hydrogen-bond acceptors (Lipinski definition) is 5. The molecular formula is C23H16F4N4O3. The number of aromatic amines is 1. The molecule has 4 aromatic rings. The van der Waals surface area contributed by atoms with E-state index >= 15 is 0 Å². The summed E-state index contributed by atoms with van der Waals surface area (Å²) in [6.45, 7) is 0. The number of nitrogens with one attached hydrogen (secondary N) is 1. The number of carboxylic acid groups (broad SMARTS) is 1. The van der Waals surface area contributed by atoms with E-state index in [1.807, 2.05) is 0 Å². The third kappa shape index (κ3) is 4.16. The van der Waals surface area contributed by atoms with Crippen molar-refractivity contribution < 1.29 is 32.2 Å². The average Bonchev–Trinajstić information content (AvgIpc) is 3.18. The quantitative estimate of drug-likeness (QED) is 0.393. The van der Waals surface area contributed by atoms with Crippen LogP contribution in [0.2, 0.25) is 0 Å². The fourth-order valence-electron chi connectivity index (χ4n) is 3.74. The third-order valence-corrected chi connectivity index (χ3v) is 5.69. The summed E-state index contributed by atoms with van der Waals surface area (Å²) in [5.74, 6) is -1.54. The maximum Gasteiger partial charge on any atom is 0.416 e. The molecular weight excluding hydrogens is 456 g/mol. The topological polar surface area (TPSA) is 101 Å². The molecule has 0 spiro atoms. The smallest absolute Gasteiger partial charge is 0.416 e. The van der Waals surface area contributed by atoms with Crippen molar-refractivity contribution in [3.63, 3.8) is 0 Å². The molecule has 0 bridgehead atoms. The number of ether oxygens (including phenoxy) is 1. The molecule has 2 N–H and O–H groups in total. The summed E-state index contributed by atoms with van der Waals surface area (Å²) in [7, 11) is 0. The van der Waals surface area contributed by atoms with Crippen molar-refractivity contribution in [1.82, 2.24) is 19.9 Å². The van der Waals surface area contributed by atoms with E-state index in [9.17, 15) is 22.4 Å². The molecule has 0 aliphatic heterocycles. The van der Waals surface area contributed by atoms with E-state index in [4.69, 9.17) is 9.84 Å². The maximum absolute atomic E-state index is 14.9. The van der Waals surface area contributed by atoms with Crippen LogP contribution in [-0.2, 0) is 11.0 Å². The largest absolute Gasteiger partial charge is 0.481 e. The zero-order valence-corrected chi connectivity index (χ0v) is 17.3. The number of halogens is 4. The van der Waals surface area contributed by atoms with Gasteiger partial charge in [-0.05, 0) is 43.2 Å². The first-order valence-corrected chi connectivity index (χ1v) is 10.3. The van der Waals surface area contributed by atoms with E-state index in [1.54, 1.807) is 6.07 Å². The summed E-state index contributed by atoms with van der Waals surface area (Å²) in [6.07, 6.45) is -1.12. The predicted molar refractivity (Wildman–Crippen MR) is 112 cm³/mol. The number of hydrogen-bond donors (Lipinski definition) is 2. The van der Waals surface area contributed by atoms with Crippen LogP contribution in [0.4, 0.5) is 17.6 Å². The Hall–Kier alpha value is -4.02. The molecule has 0 amide bonds. The summed E-state index contributed by atoms with van der Waals surface area (Å²) >= 11 is 0. The monoisotopic (exact) mass is 472 g/mol. The highest BCUT2D eigenvalue weighted by Gasteiger charge is 2.36. The second kappa shape index (κ2) is 8.08. The molecule has 1 aliphatic rings. The number of aromatic nitrogens is 4. The van der Waals surface area contributed by atoms with Gasteiger partial charge in [0.15, 0.2) is 0 Å². The van der Waals surface area contributed by atoms with Gasteiger partial charge < -0.3 is 14.8 Å². The molecule has 0 unspecified atom stereocenters. The Kier molecular flexibility index (Phi) is 5.18. The number of carboxylic acids is 1. The van der Waals surface area contributed by atoms with Gasteiger partial charge in [-0.3, -0.25) is 4.79 Å². The standard InChI is InChI=1S/C23H16F4N4O3/c24-16-7-11(19-9-29-20(10-28-19)34-14-5-12(6-14)22(32)33)1-3-15(16)21-30-17-4-2-13(23(25,26)27)8-18(17)31-21/h1-4,7-10,12,14H,5-6H2,(H,30,31)(H,32,33)/t12-,14-. The van der Waals surface area contributed by atoms with Crippen molar-refractivity contribution in [1.29, 1.82) is 0 Å². The molecule has 174 valence electrons. The second-order valence-electron chi connectivity index (χ2n) is 8.00. The summed E-state index contributed by atoms with van der Waals surface area (Å²) in [5.41, 5.74) is 0.517. The number of rotatable bonds is 5. The maximum atomic E-state index is 14.9. The molecule has 1 fully saturated rings. The molecule has 2 aromatic carbocycles. The predicted octanol–water partition coefficient (Wildman–Crippen LogP) is 5.09. The number of imidazole rings is 1. The minimum atomic E-state index is -4.50. The number of benzene rings is 2. The molecule has 11 heteroatoms. The van der Waals surface area contributed by atoms with Crippen LogP contribution < -0.4 is 4.74 Å². The Balaban J connectivity index is 1.33. The van der Waals surface area contributed by atoms with Gasteiger partial charge in [0.1, 0.15) is 17.7 Å². The van der Waals surface area contributed by atoms with Crippen molar-refractivity contribution >= 4 is 17.0 Å². The molecule has 1 saturated carbocycles. The van der Waals surface area contributed by atoms with Crippen LogP contribution in [0, 0.1) is 11.7 Å². The van der Waals surface area contributed by atoms with Crippen molar-refractivity contribution in [3.8, 4) is 28.5 Å². The Morgan fingerprint density at radius 2 is 1.88 bits per heavy atom. The van der Waals surface area contributed by atoms with Crippen molar-refractivity contribution in [2.24, 2.45) is 5.92 Å². The van der Waals surface area contributed by atoms with Crippen molar-refractivity contribution in [2.75, 3.05) is 0 Å². The van der Waals surface area contributed by atoms with Crippen LogP contribution in [0.25, 0.3) is 33.7 Å². The van der Waals surface area contributed by atoms with Gasteiger partial charge in [-0.2, -0.15) is 13.2 Å². The van der Waals surface area contributed by atoms with Crippen LogP contribution in [0.3, 0.4) is 0 Å². The van der Waals surface area contributed by atoms with Crippen LogP contribution in [0.1, 0.15) is 18.4 Å². The van der Waals surface area contributed by atoms with E-state index in [1.165, 1.54) is 30.6 Å². The Morgan fingerprint density at radius 3 is 2.53 bits per heavy atom. The van der Waals surface area contributed by atoms with Crippen LogP contribution >= 0.6 is 0 Å². The van der Waals surface area contributed by atoms with Gasteiger partial charge in [0, 0.05) is 5.56 Å². The fourth-order valence-corrected chi connectivity index (χ4v) is 3.74. The minimum Gasteiger partial charge on any atom is -0.481 e. The lowest BCUT2D eigenvalue weighted by molar-refractivity contribution is -0.148. The van der Waals surface area contributed by atoms with Crippen molar-refractivity contribution in [2.45, 2.75) is 25.1 Å². The highest BCUT2D eigenvalue weighted by atomic mass is 19.4. The lowest BCUT2D eigenvalue weighted by Gasteiger charge is -2.31. The van der Waals surface area contributed by atoms with E-state index in [-0.39, 0.29) is 28.9 Å². The molecule has 5 rings (SSSR count). The fraction of sp³-hybridized carbons (Fsp3) is 0.217. The Bertz CT molecular complexity index is 1380. The van der Waals surface area contributed by atoms with Crippen molar-refractivity contribution in [3.05, 3.63) is 60.2 Å². The lowest BCUT2D eigenvalue weighted by atomic mass is 9.82. The summed E-state index contributed by atoms with van der Waals surface area (Å²) in [4.78, 5) is 26.2. The van der Waals surface area contributed by atoms with Gasteiger partial charge in [0.25, 0.3) is 0 Å². The van der Waals surface area contributed by atoms with E-state index < -0.39 is 29.4 Å². The highest BCUT2D eigenvalue weighted by molar-refractivity contribution is 5.80. The molecule has 34 heavy (non-hydrogen) atoms. The van der Waals surface area contributed by atoms with Crippen LogP contribution in [0.15, 0.2) is 48.8 Å². The van der Waals surface area contributed by atoms with E-state index in [0.717, 1.165) is 12.1 Å². The molecule has 7 nitrogen and oxygen atoms in total. The second-order valence-corrected chi connectivity index (χ2v) is 8.00. The third-order valence-electron chi connectivity index (χ3n) is 5.69. The normalized spacial score (nSPS) is 18.0. The van der Waals surface area contributed by atoms with E-state index in [0.29, 0.717) is 29.6 Å². The first-order valence-electron chi connectivity index (χ1n) is 10.3. The number of H-pyrrole nitrogens is 1. The summed E-state index contributed by atoms with van der Waals surface area (Å²) < 4.78 is 59.2. The van der Waals surface area contributed by atoms with Crippen LogP contribution in [-0.4, -0.2) is 37.1 Å². The van der Waals surface area contributed by atoms with Gasteiger partial charge in [-0.1, -0.05) is 6.07 Å². The first-order chi connectivity index (χ1) is 16.2. The SMILES string of the molecule is O=C(O)[C@H]1C[C@H](Oc2cnc(-c3ccc(-c4nc5cc(C(F)(F)F)ccc5[nH]4)c(F)c3)cn2)C1. The number of carbonyl (C=O) groups is 1. The highest BCUT2D eigenvalue weighted by Crippen LogP contribution is 2.33. The molecule has 0 atom stereocenters.